The number of hydrogen-bond acceptors (Lipinski definition) is 8. The Balaban J connectivity index is 1.80. The van der Waals surface area contributed by atoms with Gasteiger partial charge in [0.25, 0.3) is 0 Å². The van der Waals surface area contributed by atoms with Crippen molar-refractivity contribution >= 4 is 74.5 Å². The summed E-state index contributed by atoms with van der Waals surface area (Å²) in [5.74, 6) is 0.371. The van der Waals surface area contributed by atoms with Crippen LogP contribution in [0.3, 0.4) is 0 Å². The summed E-state index contributed by atoms with van der Waals surface area (Å²) in [6.45, 7) is 2.78. The predicted molar refractivity (Wildman–Crippen MR) is 112 cm³/mol. The van der Waals surface area contributed by atoms with E-state index in [1.54, 1.807) is 11.3 Å². The molecule has 0 aliphatic carbocycles. The van der Waals surface area contributed by atoms with Crippen molar-refractivity contribution < 1.29 is 0 Å². The number of thiazole rings is 1. The number of thiol groups is 1. The van der Waals surface area contributed by atoms with Gasteiger partial charge in [-0.1, -0.05) is 24.6 Å². The van der Waals surface area contributed by atoms with E-state index < -0.39 is 0 Å². The van der Waals surface area contributed by atoms with Crippen LogP contribution in [-0.2, 0) is 6.54 Å². The lowest BCUT2D eigenvalue weighted by Crippen LogP contribution is -2.11. The highest BCUT2D eigenvalue weighted by Crippen LogP contribution is 2.38. The predicted octanol–water partition coefficient (Wildman–Crippen LogP) is 4.53. The van der Waals surface area contributed by atoms with Crippen LogP contribution in [-0.4, -0.2) is 29.8 Å². The van der Waals surface area contributed by atoms with E-state index in [2.05, 4.69) is 39.5 Å². The Morgan fingerprint density at radius 1 is 1.35 bits per heavy atom. The number of benzene rings is 1. The molecule has 26 heavy (non-hydrogen) atoms. The van der Waals surface area contributed by atoms with Crippen LogP contribution in [0.5, 0.6) is 0 Å². The second-order valence-corrected chi connectivity index (χ2v) is 9.02. The van der Waals surface area contributed by atoms with Crippen molar-refractivity contribution in [2.75, 3.05) is 5.73 Å². The first-order valence-corrected chi connectivity index (χ1v) is 10.5. The van der Waals surface area contributed by atoms with Gasteiger partial charge in [0, 0.05) is 11.8 Å². The zero-order chi connectivity index (χ0) is 18.3. The van der Waals surface area contributed by atoms with Crippen molar-refractivity contribution in [2.45, 2.75) is 34.6 Å². The summed E-state index contributed by atoms with van der Waals surface area (Å²) < 4.78 is 3.87. The van der Waals surface area contributed by atoms with Gasteiger partial charge in [-0.05, 0) is 30.3 Å². The molecular weight excluding hydrogens is 408 g/mol. The summed E-state index contributed by atoms with van der Waals surface area (Å²) in [4.78, 5) is 17.7. The highest BCUT2D eigenvalue weighted by atomic mass is 35.5. The maximum Gasteiger partial charge on any atom is 0.177 e. The molecule has 0 bridgehead atoms. The minimum atomic E-state index is 0.188. The van der Waals surface area contributed by atoms with E-state index in [1.807, 2.05) is 22.8 Å². The van der Waals surface area contributed by atoms with Gasteiger partial charge in [-0.2, -0.15) is 12.6 Å². The Hall–Kier alpha value is -1.55. The van der Waals surface area contributed by atoms with Gasteiger partial charge in [-0.25, -0.2) is 19.9 Å². The van der Waals surface area contributed by atoms with Crippen LogP contribution >= 0.6 is 47.3 Å². The fourth-order valence-corrected chi connectivity index (χ4v) is 5.03. The first-order valence-electron chi connectivity index (χ1n) is 7.94. The second-order valence-electron chi connectivity index (χ2n) is 5.67. The average molecular weight is 423 g/mol. The van der Waals surface area contributed by atoms with Gasteiger partial charge in [-0.3, -0.25) is 0 Å². The average Bonchev–Trinajstić information content (AvgIpc) is 3.19. The summed E-state index contributed by atoms with van der Waals surface area (Å²) in [6.07, 6.45) is 2.39. The van der Waals surface area contributed by atoms with Crippen LogP contribution in [0.25, 0.3) is 21.4 Å². The van der Waals surface area contributed by atoms with Crippen LogP contribution in [0.4, 0.5) is 5.82 Å². The van der Waals surface area contributed by atoms with Crippen LogP contribution in [0.15, 0.2) is 34.0 Å². The molecule has 10 heteroatoms. The van der Waals surface area contributed by atoms with Crippen LogP contribution in [0, 0.1) is 0 Å². The molecule has 1 aromatic carbocycles. The molecule has 4 aromatic rings. The van der Waals surface area contributed by atoms with E-state index in [4.69, 9.17) is 17.3 Å². The van der Waals surface area contributed by atoms with Crippen molar-refractivity contribution in [2.24, 2.45) is 0 Å². The minimum Gasteiger partial charge on any atom is -0.382 e. The summed E-state index contributed by atoms with van der Waals surface area (Å²) in [6, 6.07) is 5.72. The second kappa shape index (κ2) is 7.22. The third-order valence-corrected chi connectivity index (χ3v) is 7.03. The number of nitrogens with two attached hydrogens (primary N) is 1. The Morgan fingerprint density at radius 2 is 2.19 bits per heavy atom. The molecule has 4 rings (SSSR count). The Morgan fingerprint density at radius 3 is 2.96 bits per heavy atom. The first kappa shape index (κ1) is 17.8. The van der Waals surface area contributed by atoms with Gasteiger partial charge in [0.05, 0.1) is 15.2 Å². The number of nitrogens with zero attached hydrogens (tertiary/aromatic N) is 5. The topological polar surface area (TPSA) is 82.5 Å². The number of imidazole rings is 1. The number of nitrogen functional groups attached to an aromatic ring is 1. The van der Waals surface area contributed by atoms with E-state index >= 15 is 0 Å². The van der Waals surface area contributed by atoms with Gasteiger partial charge >= 0.3 is 0 Å². The number of fused-ring (bicyclic) bond motifs is 2. The molecular formula is C16H15ClN6S3. The standard InChI is InChI=1S/C16H15ClN6S3/c1-2-8(24)6-23-14-11(13(18)19-7-20-14)22-15(23)26-16-21-10-5-3-4-9(17)12(10)25-16/h3-5,7-8,24H,2,6H2,1H3,(H2,18,19,20). The first-order chi connectivity index (χ1) is 12.6. The lowest BCUT2D eigenvalue weighted by atomic mass is 10.3. The minimum absolute atomic E-state index is 0.188. The monoisotopic (exact) mass is 422 g/mol. The van der Waals surface area contributed by atoms with Crippen molar-refractivity contribution in [3.8, 4) is 0 Å². The number of halogens is 1. The zero-order valence-corrected chi connectivity index (χ0v) is 17.0. The molecule has 6 nitrogen and oxygen atoms in total. The highest BCUT2D eigenvalue weighted by molar-refractivity contribution is 8.01. The van der Waals surface area contributed by atoms with Gasteiger partial charge in [0.1, 0.15) is 6.33 Å². The smallest absolute Gasteiger partial charge is 0.177 e. The molecule has 0 amide bonds. The maximum absolute atomic E-state index is 6.27. The van der Waals surface area contributed by atoms with Crippen LogP contribution in [0.1, 0.15) is 13.3 Å². The van der Waals surface area contributed by atoms with E-state index in [1.165, 1.54) is 18.1 Å². The van der Waals surface area contributed by atoms with Gasteiger partial charge < -0.3 is 10.3 Å². The lowest BCUT2D eigenvalue weighted by molar-refractivity contribution is 0.613. The summed E-state index contributed by atoms with van der Waals surface area (Å²) in [7, 11) is 0. The highest BCUT2D eigenvalue weighted by Gasteiger charge is 2.19. The van der Waals surface area contributed by atoms with Gasteiger partial charge in [0.2, 0.25) is 0 Å². The SMILES string of the molecule is CCC(S)Cn1c(Sc2nc3cccc(Cl)c3s2)nc2c(N)ncnc21. The van der Waals surface area contributed by atoms with E-state index in [-0.39, 0.29) is 5.25 Å². The molecule has 0 saturated carbocycles. The molecule has 0 spiro atoms. The van der Waals surface area contributed by atoms with E-state index in [0.29, 0.717) is 28.5 Å². The fraction of sp³-hybridized carbons (Fsp3) is 0.250. The Kier molecular flexibility index (Phi) is 4.96. The van der Waals surface area contributed by atoms with Crippen molar-refractivity contribution in [3.63, 3.8) is 0 Å². The zero-order valence-electron chi connectivity index (χ0n) is 13.8. The van der Waals surface area contributed by atoms with Crippen LogP contribution in [0.2, 0.25) is 5.02 Å². The largest absolute Gasteiger partial charge is 0.382 e. The molecule has 3 heterocycles. The molecule has 0 saturated heterocycles. The third kappa shape index (κ3) is 3.24. The van der Waals surface area contributed by atoms with Crippen molar-refractivity contribution in [1.29, 1.82) is 0 Å². The molecule has 134 valence electrons. The van der Waals surface area contributed by atoms with Gasteiger partial charge in [0.15, 0.2) is 26.5 Å². The summed E-state index contributed by atoms with van der Waals surface area (Å²) in [5.41, 5.74) is 8.19. The third-order valence-electron chi connectivity index (χ3n) is 3.92. The van der Waals surface area contributed by atoms with Crippen molar-refractivity contribution in [1.82, 2.24) is 24.5 Å². The summed E-state index contributed by atoms with van der Waals surface area (Å²) in [5, 5.41) is 1.67. The number of hydrogen-bond donors (Lipinski definition) is 2. The summed E-state index contributed by atoms with van der Waals surface area (Å²) >= 11 is 13.9. The number of anilines is 1. The molecule has 0 fully saturated rings. The Bertz CT molecular complexity index is 1090. The molecule has 2 N–H and O–H groups in total. The number of aromatic nitrogens is 5. The Labute approximate surface area is 168 Å². The molecule has 0 aliphatic heterocycles. The molecule has 1 atom stereocenters. The fourth-order valence-electron chi connectivity index (χ4n) is 2.53. The van der Waals surface area contributed by atoms with Crippen LogP contribution < -0.4 is 5.73 Å². The maximum atomic E-state index is 6.27. The molecule has 3 aromatic heterocycles. The lowest BCUT2D eigenvalue weighted by Gasteiger charge is -2.11. The normalized spacial score (nSPS) is 12.9. The van der Waals surface area contributed by atoms with E-state index in [9.17, 15) is 0 Å². The quantitative estimate of drug-likeness (QED) is 0.460. The molecule has 1 unspecified atom stereocenters. The van der Waals surface area contributed by atoms with E-state index in [0.717, 1.165) is 26.1 Å². The van der Waals surface area contributed by atoms with Crippen molar-refractivity contribution in [3.05, 3.63) is 29.5 Å². The van der Waals surface area contributed by atoms with Gasteiger partial charge in [-0.15, -0.1) is 11.3 Å². The molecule has 0 aliphatic rings. The number of rotatable bonds is 5. The molecule has 0 radical (unpaired) electrons.